The summed E-state index contributed by atoms with van der Waals surface area (Å²) in [5.74, 6) is 0. The molecule has 0 radical (unpaired) electrons. The van der Waals surface area contributed by atoms with Crippen LogP contribution in [0.15, 0.2) is 51.8 Å². The van der Waals surface area contributed by atoms with Crippen molar-refractivity contribution in [3.63, 3.8) is 0 Å². The molecule has 106 valence electrons. The van der Waals surface area contributed by atoms with Gasteiger partial charge in [0.05, 0.1) is 10.6 Å². The molecule has 0 amide bonds. The summed E-state index contributed by atoms with van der Waals surface area (Å²) in [5.41, 5.74) is 2.72. The molecule has 0 saturated heterocycles. The second kappa shape index (κ2) is 5.97. The fourth-order valence-electron chi connectivity index (χ4n) is 1.78. The Morgan fingerprint density at radius 1 is 1.10 bits per heavy atom. The Hall–Kier alpha value is -1.33. The molecule has 2 rings (SSSR count). The monoisotopic (exact) mass is 353 g/mol. The highest BCUT2D eigenvalue weighted by atomic mass is 79.9. The normalized spacial score (nSPS) is 11.3. The van der Waals surface area contributed by atoms with E-state index in [9.17, 15) is 8.42 Å². The summed E-state index contributed by atoms with van der Waals surface area (Å²) in [4.78, 5) is 0.259. The molecule has 0 atom stereocenters. The first kappa shape index (κ1) is 15.1. The number of rotatable bonds is 4. The van der Waals surface area contributed by atoms with E-state index in [1.807, 2.05) is 19.1 Å². The molecule has 0 aliphatic rings. The third-order valence-electron chi connectivity index (χ3n) is 3.02. The maximum atomic E-state index is 12.3. The first-order valence-corrected chi connectivity index (χ1v) is 8.58. The largest absolute Gasteiger partial charge is 0.278 e. The van der Waals surface area contributed by atoms with Gasteiger partial charge in [0.2, 0.25) is 0 Å². The van der Waals surface area contributed by atoms with Crippen molar-refractivity contribution in [2.24, 2.45) is 0 Å². The number of aryl methyl sites for hydroxylation is 2. The zero-order valence-corrected chi connectivity index (χ0v) is 13.8. The number of nitrogens with one attached hydrogen (secondary N) is 1. The molecular formula is C15H16BrNO2S. The van der Waals surface area contributed by atoms with Gasteiger partial charge in [0.1, 0.15) is 0 Å². The lowest BCUT2D eigenvalue weighted by Gasteiger charge is -2.11. The minimum atomic E-state index is -3.55. The Morgan fingerprint density at radius 2 is 1.75 bits per heavy atom. The molecule has 5 heteroatoms. The summed E-state index contributed by atoms with van der Waals surface area (Å²) >= 11 is 3.40. The molecule has 3 nitrogen and oxygen atoms in total. The third-order valence-corrected chi connectivity index (χ3v) is 5.05. The second-order valence-electron chi connectivity index (χ2n) is 4.59. The zero-order valence-electron chi connectivity index (χ0n) is 11.4. The number of halogens is 1. The van der Waals surface area contributed by atoms with Crippen molar-refractivity contribution in [1.29, 1.82) is 0 Å². The molecule has 20 heavy (non-hydrogen) atoms. The lowest BCUT2D eigenvalue weighted by atomic mass is 10.2. The number of sulfonamides is 1. The average Bonchev–Trinajstić information content (AvgIpc) is 2.41. The van der Waals surface area contributed by atoms with Gasteiger partial charge in [-0.1, -0.05) is 30.7 Å². The summed E-state index contributed by atoms with van der Waals surface area (Å²) in [5, 5.41) is 0. The van der Waals surface area contributed by atoms with Gasteiger partial charge in [0.15, 0.2) is 0 Å². The molecule has 1 N–H and O–H groups in total. The molecule has 0 heterocycles. The summed E-state index contributed by atoms with van der Waals surface area (Å²) in [6.07, 6.45) is 0.906. The lowest BCUT2D eigenvalue weighted by molar-refractivity contribution is 0.601. The topological polar surface area (TPSA) is 46.2 Å². The van der Waals surface area contributed by atoms with Crippen LogP contribution in [0.5, 0.6) is 0 Å². The van der Waals surface area contributed by atoms with Crippen molar-refractivity contribution in [3.05, 3.63) is 58.1 Å². The highest BCUT2D eigenvalue weighted by Crippen LogP contribution is 2.26. The minimum absolute atomic E-state index is 0.259. The molecular weight excluding hydrogens is 338 g/mol. The van der Waals surface area contributed by atoms with Gasteiger partial charge in [-0.2, -0.15) is 0 Å². The van der Waals surface area contributed by atoms with Crippen LogP contribution in [0.4, 0.5) is 5.69 Å². The van der Waals surface area contributed by atoms with Crippen LogP contribution in [0.25, 0.3) is 0 Å². The van der Waals surface area contributed by atoms with Crippen molar-refractivity contribution in [1.82, 2.24) is 0 Å². The molecule has 0 aliphatic heterocycles. The zero-order chi connectivity index (χ0) is 14.8. The van der Waals surface area contributed by atoms with E-state index in [2.05, 4.69) is 27.6 Å². The second-order valence-corrected chi connectivity index (χ2v) is 7.12. The summed E-state index contributed by atoms with van der Waals surface area (Å²) in [6.45, 7) is 3.97. The van der Waals surface area contributed by atoms with E-state index in [0.717, 1.165) is 22.0 Å². The first-order valence-electron chi connectivity index (χ1n) is 6.30. The van der Waals surface area contributed by atoms with E-state index in [0.29, 0.717) is 5.69 Å². The van der Waals surface area contributed by atoms with Gasteiger partial charge < -0.3 is 0 Å². The molecule has 0 aliphatic carbocycles. The summed E-state index contributed by atoms with van der Waals surface area (Å²) in [7, 11) is -3.55. The SMILES string of the molecule is CCc1ccc(NS(=O)(=O)c2ccc(C)cc2)c(Br)c1. The van der Waals surface area contributed by atoms with Crippen LogP contribution in [0, 0.1) is 6.92 Å². The van der Waals surface area contributed by atoms with E-state index in [1.54, 1.807) is 30.3 Å². The van der Waals surface area contributed by atoms with Crippen LogP contribution in [0.3, 0.4) is 0 Å². The molecule has 2 aromatic carbocycles. The quantitative estimate of drug-likeness (QED) is 0.898. The van der Waals surface area contributed by atoms with Crippen LogP contribution in [-0.4, -0.2) is 8.42 Å². The Bertz CT molecular complexity index is 709. The van der Waals surface area contributed by atoms with Gasteiger partial charge in [0.25, 0.3) is 10.0 Å². The van der Waals surface area contributed by atoms with E-state index < -0.39 is 10.0 Å². The molecule has 0 spiro atoms. The van der Waals surface area contributed by atoms with Crippen LogP contribution in [0.1, 0.15) is 18.1 Å². The van der Waals surface area contributed by atoms with Gasteiger partial charge in [-0.15, -0.1) is 0 Å². The van der Waals surface area contributed by atoms with Crippen molar-refractivity contribution in [3.8, 4) is 0 Å². The van der Waals surface area contributed by atoms with Gasteiger partial charge in [-0.3, -0.25) is 4.72 Å². The highest BCUT2D eigenvalue weighted by molar-refractivity contribution is 9.10. The molecule has 2 aromatic rings. The predicted octanol–water partition coefficient (Wildman–Crippen LogP) is 4.12. The fourth-order valence-corrected chi connectivity index (χ4v) is 3.52. The highest BCUT2D eigenvalue weighted by Gasteiger charge is 2.15. The van der Waals surface area contributed by atoms with E-state index >= 15 is 0 Å². The number of anilines is 1. The van der Waals surface area contributed by atoms with Gasteiger partial charge >= 0.3 is 0 Å². The smallest absolute Gasteiger partial charge is 0.261 e. The molecule has 0 bridgehead atoms. The van der Waals surface area contributed by atoms with E-state index in [4.69, 9.17) is 0 Å². The van der Waals surface area contributed by atoms with Gasteiger partial charge in [-0.05, 0) is 59.1 Å². The summed E-state index contributed by atoms with van der Waals surface area (Å²) in [6, 6.07) is 12.4. The van der Waals surface area contributed by atoms with Crippen LogP contribution >= 0.6 is 15.9 Å². The Kier molecular flexibility index (Phi) is 4.50. The standard InChI is InChI=1S/C15H16BrNO2S/c1-3-12-6-9-15(14(16)10-12)17-20(18,19)13-7-4-11(2)5-8-13/h4-10,17H,3H2,1-2H3. The first-order chi connectivity index (χ1) is 9.42. The molecule has 0 unspecified atom stereocenters. The van der Waals surface area contributed by atoms with Gasteiger partial charge in [-0.25, -0.2) is 8.42 Å². The lowest BCUT2D eigenvalue weighted by Crippen LogP contribution is -2.13. The Balaban J connectivity index is 2.31. The number of hydrogen-bond acceptors (Lipinski definition) is 2. The number of benzene rings is 2. The summed E-state index contributed by atoms with van der Waals surface area (Å²) < 4.78 is 27.9. The molecule has 0 saturated carbocycles. The third kappa shape index (κ3) is 3.41. The van der Waals surface area contributed by atoms with Crippen LogP contribution in [-0.2, 0) is 16.4 Å². The van der Waals surface area contributed by atoms with Crippen LogP contribution in [0.2, 0.25) is 0 Å². The van der Waals surface area contributed by atoms with Crippen molar-refractivity contribution >= 4 is 31.6 Å². The van der Waals surface area contributed by atoms with Gasteiger partial charge in [0, 0.05) is 4.47 Å². The predicted molar refractivity (Wildman–Crippen MR) is 85.5 cm³/mol. The maximum Gasteiger partial charge on any atom is 0.261 e. The van der Waals surface area contributed by atoms with Crippen molar-refractivity contribution in [2.45, 2.75) is 25.2 Å². The van der Waals surface area contributed by atoms with Crippen LogP contribution < -0.4 is 4.72 Å². The Morgan fingerprint density at radius 3 is 2.30 bits per heavy atom. The average molecular weight is 354 g/mol. The van der Waals surface area contributed by atoms with Crippen molar-refractivity contribution < 1.29 is 8.42 Å². The molecule has 0 aromatic heterocycles. The fraction of sp³-hybridized carbons (Fsp3) is 0.200. The maximum absolute atomic E-state index is 12.3. The Labute approximate surface area is 128 Å². The minimum Gasteiger partial charge on any atom is -0.278 e. The van der Waals surface area contributed by atoms with Crippen molar-refractivity contribution in [2.75, 3.05) is 4.72 Å². The van der Waals surface area contributed by atoms with E-state index in [1.165, 1.54) is 0 Å². The number of hydrogen-bond donors (Lipinski definition) is 1. The molecule has 0 fully saturated rings. The van der Waals surface area contributed by atoms with E-state index in [-0.39, 0.29) is 4.90 Å².